The van der Waals surface area contributed by atoms with Crippen molar-refractivity contribution in [3.8, 4) is 17.2 Å². The Hall–Kier alpha value is -3.22. The Morgan fingerprint density at radius 3 is 2.44 bits per heavy atom. The Bertz CT molecular complexity index is 916. The summed E-state index contributed by atoms with van der Waals surface area (Å²) in [5.41, 5.74) is 2.01. The van der Waals surface area contributed by atoms with E-state index in [1.54, 1.807) is 45.7 Å². The largest absolute Gasteiger partial charge is 0.496 e. The number of hydrogen-bond donors (Lipinski definition) is 2. The minimum atomic E-state index is -0.310. The van der Waals surface area contributed by atoms with Crippen molar-refractivity contribution in [3.63, 3.8) is 0 Å². The predicted octanol–water partition coefficient (Wildman–Crippen LogP) is 3.15. The summed E-state index contributed by atoms with van der Waals surface area (Å²) in [6, 6.07) is 7.06. The van der Waals surface area contributed by atoms with E-state index >= 15 is 0 Å². The van der Waals surface area contributed by atoms with Crippen molar-refractivity contribution in [2.75, 3.05) is 26.6 Å². The molecule has 130 valence electrons. The minimum absolute atomic E-state index is 0.310. The van der Waals surface area contributed by atoms with Gasteiger partial charge in [0.25, 0.3) is 5.91 Å². The lowest BCUT2D eigenvalue weighted by molar-refractivity contribution is 0.102. The number of fused-ring (bicyclic) bond motifs is 1. The number of H-pyrrole nitrogens is 1. The van der Waals surface area contributed by atoms with Gasteiger partial charge in [-0.05, 0) is 24.6 Å². The van der Waals surface area contributed by atoms with Crippen molar-refractivity contribution in [1.82, 2.24) is 9.97 Å². The first kappa shape index (κ1) is 16.6. The van der Waals surface area contributed by atoms with Gasteiger partial charge in [0, 0.05) is 17.6 Å². The van der Waals surface area contributed by atoms with Crippen LogP contribution >= 0.6 is 0 Å². The number of methoxy groups -OCH3 is 3. The third-order valence-corrected chi connectivity index (χ3v) is 3.84. The second-order valence-corrected chi connectivity index (χ2v) is 5.46. The van der Waals surface area contributed by atoms with Gasteiger partial charge in [0.2, 0.25) is 0 Å². The summed E-state index contributed by atoms with van der Waals surface area (Å²) < 4.78 is 16.1. The van der Waals surface area contributed by atoms with Gasteiger partial charge < -0.3 is 24.5 Å². The van der Waals surface area contributed by atoms with E-state index in [1.165, 1.54) is 0 Å². The van der Waals surface area contributed by atoms with E-state index in [0.29, 0.717) is 34.3 Å². The van der Waals surface area contributed by atoms with Crippen LogP contribution in [-0.4, -0.2) is 37.2 Å². The number of aromatic nitrogens is 2. The lowest BCUT2D eigenvalue weighted by Crippen LogP contribution is -2.13. The Morgan fingerprint density at radius 1 is 1.08 bits per heavy atom. The van der Waals surface area contributed by atoms with Crippen molar-refractivity contribution in [2.24, 2.45) is 0 Å². The Labute approximate surface area is 144 Å². The molecule has 1 aromatic carbocycles. The van der Waals surface area contributed by atoms with E-state index in [2.05, 4.69) is 15.3 Å². The molecule has 2 N–H and O–H groups in total. The fraction of sp³-hybridized carbons (Fsp3) is 0.222. The van der Waals surface area contributed by atoms with Gasteiger partial charge in [0.1, 0.15) is 17.3 Å². The number of amides is 1. The maximum absolute atomic E-state index is 12.5. The zero-order valence-corrected chi connectivity index (χ0v) is 14.5. The molecule has 0 bridgehead atoms. The topological polar surface area (TPSA) is 85.5 Å². The SMILES string of the molecule is COc1cc(OC)c2cc(C(=O)Nc3ccc(C)cn3)[nH]c2c1OC. The summed E-state index contributed by atoms with van der Waals surface area (Å²) in [5, 5.41) is 3.48. The first-order chi connectivity index (χ1) is 12.1. The van der Waals surface area contributed by atoms with Gasteiger partial charge in [-0.2, -0.15) is 0 Å². The fourth-order valence-corrected chi connectivity index (χ4v) is 2.58. The molecule has 0 aliphatic heterocycles. The molecule has 2 aromatic heterocycles. The van der Waals surface area contributed by atoms with Gasteiger partial charge >= 0.3 is 0 Å². The third kappa shape index (κ3) is 3.08. The zero-order valence-electron chi connectivity index (χ0n) is 14.5. The van der Waals surface area contributed by atoms with Gasteiger partial charge in [0.15, 0.2) is 11.5 Å². The van der Waals surface area contributed by atoms with E-state index < -0.39 is 0 Å². The van der Waals surface area contributed by atoms with Crippen LogP contribution in [0.25, 0.3) is 10.9 Å². The Morgan fingerprint density at radius 2 is 1.84 bits per heavy atom. The number of carbonyl (C=O) groups excluding carboxylic acids is 1. The maximum Gasteiger partial charge on any atom is 0.273 e. The number of nitrogens with zero attached hydrogens (tertiary/aromatic N) is 1. The monoisotopic (exact) mass is 341 g/mol. The number of carbonyl (C=O) groups is 1. The molecule has 0 unspecified atom stereocenters. The molecule has 1 amide bonds. The third-order valence-electron chi connectivity index (χ3n) is 3.84. The minimum Gasteiger partial charge on any atom is -0.496 e. The summed E-state index contributed by atoms with van der Waals surface area (Å²) >= 11 is 0. The summed E-state index contributed by atoms with van der Waals surface area (Å²) in [6.45, 7) is 1.93. The number of aromatic amines is 1. The lowest BCUT2D eigenvalue weighted by Gasteiger charge is -2.11. The number of anilines is 1. The number of hydrogen-bond acceptors (Lipinski definition) is 5. The van der Waals surface area contributed by atoms with Gasteiger partial charge in [-0.25, -0.2) is 4.98 Å². The molecule has 0 aliphatic carbocycles. The maximum atomic E-state index is 12.5. The average Bonchev–Trinajstić information content (AvgIpc) is 3.07. The summed E-state index contributed by atoms with van der Waals surface area (Å²) in [4.78, 5) is 19.8. The van der Waals surface area contributed by atoms with Crippen molar-refractivity contribution in [1.29, 1.82) is 0 Å². The van der Waals surface area contributed by atoms with Gasteiger partial charge in [-0.3, -0.25) is 4.79 Å². The highest BCUT2D eigenvalue weighted by molar-refractivity contribution is 6.07. The zero-order chi connectivity index (χ0) is 18.0. The number of nitrogens with one attached hydrogen (secondary N) is 2. The molecule has 7 nitrogen and oxygen atoms in total. The highest BCUT2D eigenvalue weighted by Gasteiger charge is 2.19. The van der Waals surface area contributed by atoms with Crippen LogP contribution in [0.1, 0.15) is 16.1 Å². The van der Waals surface area contributed by atoms with Crippen LogP contribution in [0.5, 0.6) is 17.2 Å². The summed E-state index contributed by atoms with van der Waals surface area (Å²) in [7, 11) is 4.65. The van der Waals surface area contributed by atoms with E-state index in [-0.39, 0.29) is 5.91 Å². The van der Waals surface area contributed by atoms with Crippen molar-refractivity contribution < 1.29 is 19.0 Å². The van der Waals surface area contributed by atoms with Crippen molar-refractivity contribution >= 4 is 22.6 Å². The van der Waals surface area contributed by atoms with Crippen LogP contribution in [0.4, 0.5) is 5.82 Å². The molecule has 0 saturated carbocycles. The molecule has 0 saturated heterocycles. The van der Waals surface area contributed by atoms with E-state index in [0.717, 1.165) is 10.9 Å². The molecule has 0 spiro atoms. The highest BCUT2D eigenvalue weighted by Crippen LogP contribution is 2.41. The number of ether oxygens (including phenoxy) is 3. The van der Waals surface area contributed by atoms with Gasteiger partial charge in [0.05, 0.1) is 26.8 Å². The molecule has 3 rings (SSSR count). The van der Waals surface area contributed by atoms with Crippen LogP contribution in [0, 0.1) is 6.92 Å². The van der Waals surface area contributed by atoms with E-state index in [4.69, 9.17) is 14.2 Å². The molecular weight excluding hydrogens is 322 g/mol. The number of pyridine rings is 1. The quantitative estimate of drug-likeness (QED) is 0.744. The Balaban J connectivity index is 2.02. The van der Waals surface area contributed by atoms with Crippen LogP contribution in [0.2, 0.25) is 0 Å². The summed E-state index contributed by atoms with van der Waals surface area (Å²) in [6.07, 6.45) is 1.69. The van der Waals surface area contributed by atoms with E-state index in [1.807, 2.05) is 13.0 Å². The predicted molar refractivity (Wildman–Crippen MR) is 94.9 cm³/mol. The van der Waals surface area contributed by atoms with Crippen molar-refractivity contribution in [3.05, 3.63) is 41.7 Å². The molecule has 0 aliphatic rings. The molecule has 7 heteroatoms. The fourth-order valence-electron chi connectivity index (χ4n) is 2.58. The van der Waals surface area contributed by atoms with Gasteiger partial charge in [-0.15, -0.1) is 0 Å². The average molecular weight is 341 g/mol. The molecule has 0 fully saturated rings. The van der Waals surface area contributed by atoms with Crippen LogP contribution in [0.15, 0.2) is 30.5 Å². The molecule has 0 atom stereocenters. The second-order valence-electron chi connectivity index (χ2n) is 5.46. The van der Waals surface area contributed by atoms with Crippen LogP contribution < -0.4 is 19.5 Å². The lowest BCUT2D eigenvalue weighted by atomic mass is 10.2. The molecule has 2 heterocycles. The van der Waals surface area contributed by atoms with Crippen LogP contribution in [0.3, 0.4) is 0 Å². The van der Waals surface area contributed by atoms with Gasteiger partial charge in [-0.1, -0.05) is 6.07 Å². The number of aryl methyl sites for hydroxylation is 1. The smallest absolute Gasteiger partial charge is 0.273 e. The number of rotatable bonds is 5. The van der Waals surface area contributed by atoms with E-state index in [9.17, 15) is 4.79 Å². The first-order valence-corrected chi connectivity index (χ1v) is 7.63. The Kier molecular flexibility index (Phi) is 4.47. The molecular formula is C18H19N3O4. The second kappa shape index (κ2) is 6.72. The first-order valence-electron chi connectivity index (χ1n) is 7.63. The molecule has 25 heavy (non-hydrogen) atoms. The molecule has 0 radical (unpaired) electrons. The van der Waals surface area contributed by atoms with Crippen LogP contribution in [-0.2, 0) is 0 Å². The van der Waals surface area contributed by atoms with Crippen molar-refractivity contribution in [2.45, 2.75) is 6.92 Å². The molecule has 3 aromatic rings. The standard InChI is InChI=1S/C18H19N3O4/c1-10-5-6-15(19-9-10)21-18(22)12-7-11-13(23-2)8-14(24-3)17(25-4)16(11)20-12/h5-9,20H,1-4H3,(H,19,21,22). The summed E-state index contributed by atoms with van der Waals surface area (Å²) in [5.74, 6) is 1.77. The normalized spacial score (nSPS) is 10.6. The number of benzene rings is 1. The highest BCUT2D eigenvalue weighted by atomic mass is 16.5.